The molecule has 2 unspecified atom stereocenters. The molecule has 0 saturated carbocycles. The van der Waals surface area contributed by atoms with Gasteiger partial charge in [0, 0.05) is 11.7 Å². The van der Waals surface area contributed by atoms with Crippen molar-refractivity contribution < 1.29 is 9.53 Å². The van der Waals surface area contributed by atoms with Crippen molar-refractivity contribution in [2.75, 3.05) is 5.32 Å². The topological polar surface area (TPSA) is 69.0 Å². The molecule has 1 N–H and O–H groups in total. The van der Waals surface area contributed by atoms with Crippen molar-refractivity contribution in [1.29, 1.82) is 0 Å². The fourth-order valence-electron chi connectivity index (χ4n) is 3.42. The van der Waals surface area contributed by atoms with Crippen LogP contribution >= 0.6 is 11.8 Å². The molecule has 0 bridgehead atoms. The van der Waals surface area contributed by atoms with E-state index in [9.17, 15) is 4.79 Å². The van der Waals surface area contributed by atoms with Crippen LogP contribution in [0.15, 0.2) is 59.8 Å². The standard InChI is InChI=1S/C25H32N4O2S/c1-16(2)21-14-10-11-15-22(21)31-18(5)23-27-28-25(29(23)17(3)4)32-19(6)24(30)26-20-12-8-7-9-13-20/h7-19H,1-6H3,(H,26,30). The molecule has 1 amide bonds. The quantitative estimate of drug-likeness (QED) is 0.389. The van der Waals surface area contributed by atoms with E-state index in [-0.39, 0.29) is 23.3 Å². The summed E-state index contributed by atoms with van der Waals surface area (Å²) in [7, 11) is 0. The molecule has 2 atom stereocenters. The highest BCUT2D eigenvalue weighted by Gasteiger charge is 2.25. The van der Waals surface area contributed by atoms with Gasteiger partial charge in [0.1, 0.15) is 5.75 Å². The largest absolute Gasteiger partial charge is 0.482 e. The number of thioether (sulfide) groups is 1. The molecule has 3 rings (SSSR count). The van der Waals surface area contributed by atoms with Gasteiger partial charge in [0.15, 0.2) is 17.1 Å². The number of aromatic nitrogens is 3. The van der Waals surface area contributed by atoms with Gasteiger partial charge in [-0.1, -0.05) is 62.0 Å². The average molecular weight is 453 g/mol. The van der Waals surface area contributed by atoms with Gasteiger partial charge in [0.2, 0.25) is 5.91 Å². The van der Waals surface area contributed by atoms with Gasteiger partial charge in [-0.15, -0.1) is 10.2 Å². The van der Waals surface area contributed by atoms with Gasteiger partial charge in [0.05, 0.1) is 5.25 Å². The van der Waals surface area contributed by atoms with E-state index >= 15 is 0 Å². The van der Waals surface area contributed by atoms with Crippen LogP contribution in [0.5, 0.6) is 5.75 Å². The number of amides is 1. The first-order chi connectivity index (χ1) is 15.3. The number of anilines is 1. The first-order valence-electron chi connectivity index (χ1n) is 11.0. The molecule has 7 heteroatoms. The fourth-order valence-corrected chi connectivity index (χ4v) is 4.40. The summed E-state index contributed by atoms with van der Waals surface area (Å²) >= 11 is 1.40. The molecule has 2 aromatic carbocycles. The lowest BCUT2D eigenvalue weighted by molar-refractivity contribution is -0.115. The summed E-state index contributed by atoms with van der Waals surface area (Å²) in [6.07, 6.45) is -0.285. The maximum absolute atomic E-state index is 12.7. The smallest absolute Gasteiger partial charge is 0.237 e. The first kappa shape index (κ1) is 23.9. The van der Waals surface area contributed by atoms with E-state index in [0.717, 1.165) is 22.8 Å². The molecule has 0 aliphatic heterocycles. The number of nitrogens with one attached hydrogen (secondary N) is 1. The predicted molar refractivity (Wildman–Crippen MR) is 130 cm³/mol. The number of ether oxygens (including phenoxy) is 1. The summed E-state index contributed by atoms with van der Waals surface area (Å²) in [6, 6.07) is 17.7. The van der Waals surface area contributed by atoms with Crippen molar-refractivity contribution in [2.45, 2.75) is 70.0 Å². The zero-order chi connectivity index (χ0) is 23.3. The first-order valence-corrected chi connectivity index (χ1v) is 11.9. The summed E-state index contributed by atoms with van der Waals surface area (Å²) in [4.78, 5) is 12.7. The monoisotopic (exact) mass is 452 g/mol. The fraction of sp³-hybridized carbons (Fsp3) is 0.400. The van der Waals surface area contributed by atoms with Crippen LogP contribution in [0.25, 0.3) is 0 Å². The molecule has 32 heavy (non-hydrogen) atoms. The molecule has 3 aromatic rings. The van der Waals surface area contributed by atoms with Crippen molar-refractivity contribution in [2.24, 2.45) is 0 Å². The average Bonchev–Trinajstić information content (AvgIpc) is 3.18. The highest BCUT2D eigenvalue weighted by molar-refractivity contribution is 8.00. The molecule has 0 fully saturated rings. The Bertz CT molecular complexity index is 1030. The number of rotatable bonds is 9. The van der Waals surface area contributed by atoms with Crippen molar-refractivity contribution >= 4 is 23.4 Å². The zero-order valence-corrected chi connectivity index (χ0v) is 20.4. The Kier molecular flexibility index (Phi) is 7.96. The second-order valence-corrected chi connectivity index (χ2v) is 9.68. The lowest BCUT2D eigenvalue weighted by Gasteiger charge is -2.21. The second kappa shape index (κ2) is 10.7. The number of para-hydroxylation sites is 2. The van der Waals surface area contributed by atoms with Gasteiger partial charge in [-0.05, 0) is 57.4 Å². The van der Waals surface area contributed by atoms with Crippen LogP contribution in [0.2, 0.25) is 0 Å². The summed E-state index contributed by atoms with van der Waals surface area (Å²) in [5.41, 5.74) is 1.94. The minimum atomic E-state index is -0.331. The molecule has 0 saturated heterocycles. The number of carbonyl (C=O) groups excluding carboxylic acids is 1. The summed E-state index contributed by atoms with van der Waals surface area (Å²) < 4.78 is 8.37. The van der Waals surface area contributed by atoms with Crippen molar-refractivity contribution in [3.63, 3.8) is 0 Å². The Morgan fingerprint density at radius 3 is 2.25 bits per heavy atom. The third-order valence-electron chi connectivity index (χ3n) is 5.11. The molecular weight excluding hydrogens is 420 g/mol. The second-order valence-electron chi connectivity index (χ2n) is 8.37. The molecule has 0 radical (unpaired) electrons. The summed E-state index contributed by atoms with van der Waals surface area (Å²) in [6.45, 7) is 12.3. The number of carbonyl (C=O) groups is 1. The highest BCUT2D eigenvalue weighted by atomic mass is 32.2. The Balaban J connectivity index is 1.77. The number of hydrogen-bond donors (Lipinski definition) is 1. The zero-order valence-electron chi connectivity index (χ0n) is 19.6. The van der Waals surface area contributed by atoms with E-state index in [0.29, 0.717) is 11.1 Å². The third-order valence-corrected chi connectivity index (χ3v) is 6.17. The van der Waals surface area contributed by atoms with Crippen LogP contribution in [-0.4, -0.2) is 25.9 Å². The van der Waals surface area contributed by atoms with Gasteiger partial charge >= 0.3 is 0 Å². The van der Waals surface area contributed by atoms with E-state index in [1.165, 1.54) is 11.8 Å². The van der Waals surface area contributed by atoms with Gasteiger partial charge < -0.3 is 14.6 Å². The molecule has 0 aliphatic carbocycles. The molecule has 6 nitrogen and oxygen atoms in total. The van der Waals surface area contributed by atoms with Crippen LogP contribution in [0.3, 0.4) is 0 Å². The van der Waals surface area contributed by atoms with E-state index in [4.69, 9.17) is 4.74 Å². The number of nitrogens with zero attached hydrogens (tertiary/aromatic N) is 3. The molecule has 1 heterocycles. The Morgan fingerprint density at radius 2 is 1.59 bits per heavy atom. The number of benzene rings is 2. The maximum atomic E-state index is 12.7. The maximum Gasteiger partial charge on any atom is 0.237 e. The van der Waals surface area contributed by atoms with Gasteiger partial charge in [0.25, 0.3) is 0 Å². The van der Waals surface area contributed by atoms with Crippen LogP contribution in [0, 0.1) is 0 Å². The van der Waals surface area contributed by atoms with Crippen LogP contribution < -0.4 is 10.1 Å². The molecule has 0 aliphatic rings. The minimum absolute atomic E-state index is 0.0729. The van der Waals surface area contributed by atoms with Crippen molar-refractivity contribution in [3.05, 3.63) is 66.0 Å². The SMILES string of the molecule is CC(Sc1nnc(C(C)Oc2ccccc2C(C)C)n1C(C)C)C(=O)Nc1ccccc1. The Labute approximate surface area is 194 Å². The lowest BCUT2D eigenvalue weighted by atomic mass is 10.0. The van der Waals surface area contributed by atoms with E-state index < -0.39 is 0 Å². The highest BCUT2D eigenvalue weighted by Crippen LogP contribution is 2.32. The van der Waals surface area contributed by atoms with Gasteiger partial charge in [-0.3, -0.25) is 4.79 Å². The van der Waals surface area contributed by atoms with E-state index in [2.05, 4.69) is 53.8 Å². The molecular formula is C25H32N4O2S. The summed E-state index contributed by atoms with van der Waals surface area (Å²) in [5, 5.41) is 12.2. The van der Waals surface area contributed by atoms with Crippen LogP contribution in [0.4, 0.5) is 5.69 Å². The molecule has 1 aromatic heterocycles. The lowest BCUT2D eigenvalue weighted by Crippen LogP contribution is -2.23. The van der Waals surface area contributed by atoms with Crippen molar-refractivity contribution in [3.8, 4) is 5.75 Å². The van der Waals surface area contributed by atoms with E-state index in [1.807, 2.05) is 62.4 Å². The van der Waals surface area contributed by atoms with Crippen LogP contribution in [0.1, 0.15) is 71.0 Å². The van der Waals surface area contributed by atoms with Gasteiger partial charge in [-0.25, -0.2) is 0 Å². The van der Waals surface area contributed by atoms with E-state index in [1.54, 1.807) is 0 Å². The Morgan fingerprint density at radius 1 is 0.938 bits per heavy atom. The van der Waals surface area contributed by atoms with Crippen LogP contribution in [-0.2, 0) is 4.79 Å². The summed E-state index contributed by atoms with van der Waals surface area (Å²) in [5.74, 6) is 1.89. The van der Waals surface area contributed by atoms with Crippen molar-refractivity contribution in [1.82, 2.24) is 14.8 Å². The molecule has 170 valence electrons. The third kappa shape index (κ3) is 5.71. The number of hydrogen-bond acceptors (Lipinski definition) is 5. The minimum Gasteiger partial charge on any atom is -0.482 e. The predicted octanol–water partition coefficient (Wildman–Crippen LogP) is 6.24. The van der Waals surface area contributed by atoms with Gasteiger partial charge in [-0.2, -0.15) is 0 Å². The Hall–Kier alpha value is -2.80. The molecule has 0 spiro atoms. The normalized spacial score (nSPS) is 13.2.